The van der Waals surface area contributed by atoms with Crippen molar-refractivity contribution in [1.82, 2.24) is 4.57 Å². The van der Waals surface area contributed by atoms with Crippen LogP contribution in [0, 0.1) is 10.1 Å². The molecular formula is C17H14ClN3O5S. The molecule has 0 N–H and O–H groups in total. The lowest BCUT2D eigenvalue weighted by Gasteiger charge is -2.07. The van der Waals surface area contributed by atoms with Crippen LogP contribution in [0.4, 0.5) is 5.69 Å². The monoisotopic (exact) mass is 407 g/mol. The van der Waals surface area contributed by atoms with Gasteiger partial charge in [-0.25, -0.2) is 0 Å². The van der Waals surface area contributed by atoms with Crippen molar-refractivity contribution in [2.24, 2.45) is 12.0 Å². The molecule has 0 aliphatic carbocycles. The van der Waals surface area contributed by atoms with E-state index in [-0.39, 0.29) is 16.3 Å². The third-order valence-corrected chi connectivity index (χ3v) is 5.33. The zero-order valence-electron chi connectivity index (χ0n) is 14.6. The van der Waals surface area contributed by atoms with Crippen LogP contribution in [0.5, 0.6) is 11.5 Å². The van der Waals surface area contributed by atoms with E-state index in [4.69, 9.17) is 21.1 Å². The predicted molar refractivity (Wildman–Crippen MR) is 102 cm³/mol. The summed E-state index contributed by atoms with van der Waals surface area (Å²) in [6.07, 6.45) is 0. The lowest BCUT2D eigenvalue weighted by molar-refractivity contribution is -0.384. The van der Waals surface area contributed by atoms with Crippen LogP contribution in [-0.2, 0) is 7.05 Å². The molecule has 1 aromatic heterocycles. The predicted octanol–water partition coefficient (Wildman–Crippen LogP) is 3.56. The van der Waals surface area contributed by atoms with E-state index in [1.54, 1.807) is 23.7 Å². The van der Waals surface area contributed by atoms with Gasteiger partial charge >= 0.3 is 0 Å². The molecular weight excluding hydrogens is 394 g/mol. The highest BCUT2D eigenvalue weighted by molar-refractivity contribution is 7.16. The number of aryl methyl sites for hydroxylation is 1. The Bertz CT molecular complexity index is 1140. The molecule has 0 aliphatic rings. The molecule has 10 heteroatoms. The Labute approximate surface area is 162 Å². The molecule has 1 amide bonds. The van der Waals surface area contributed by atoms with Gasteiger partial charge in [0.15, 0.2) is 16.3 Å². The number of amides is 1. The number of nitro groups is 1. The summed E-state index contributed by atoms with van der Waals surface area (Å²) >= 11 is 7.29. The van der Waals surface area contributed by atoms with Crippen molar-refractivity contribution in [2.45, 2.75) is 0 Å². The number of hydrogen-bond donors (Lipinski definition) is 0. The summed E-state index contributed by atoms with van der Waals surface area (Å²) in [5.74, 6) is 0.453. The maximum atomic E-state index is 12.6. The fourth-order valence-electron chi connectivity index (χ4n) is 2.50. The number of hydrogen-bond acceptors (Lipinski definition) is 6. The average molecular weight is 408 g/mol. The number of nitro benzene ring substituents is 1. The van der Waals surface area contributed by atoms with Crippen LogP contribution in [0.25, 0.3) is 10.2 Å². The van der Waals surface area contributed by atoms with E-state index in [2.05, 4.69) is 4.99 Å². The Hall–Kier alpha value is -2.91. The van der Waals surface area contributed by atoms with Gasteiger partial charge < -0.3 is 14.0 Å². The minimum atomic E-state index is -0.662. The van der Waals surface area contributed by atoms with E-state index < -0.39 is 10.8 Å². The Morgan fingerprint density at radius 1 is 1.22 bits per heavy atom. The highest BCUT2D eigenvalue weighted by atomic mass is 35.5. The summed E-state index contributed by atoms with van der Waals surface area (Å²) in [5.41, 5.74) is 0.543. The molecule has 1 heterocycles. The smallest absolute Gasteiger partial charge is 0.281 e. The molecule has 0 aliphatic heterocycles. The summed E-state index contributed by atoms with van der Waals surface area (Å²) in [7, 11) is 4.83. The number of rotatable bonds is 4. The second-order valence-electron chi connectivity index (χ2n) is 5.46. The van der Waals surface area contributed by atoms with Crippen LogP contribution in [0.2, 0.25) is 5.02 Å². The number of methoxy groups -OCH3 is 2. The SMILES string of the molecule is COc1cc2sc(=NC(=O)c3cc([N+](=O)[O-])ccc3Cl)n(C)c2cc1OC. The Morgan fingerprint density at radius 3 is 2.52 bits per heavy atom. The zero-order valence-corrected chi connectivity index (χ0v) is 16.1. The van der Waals surface area contributed by atoms with Gasteiger partial charge in [-0.05, 0) is 6.07 Å². The summed E-state index contributed by atoms with van der Waals surface area (Å²) < 4.78 is 13.2. The number of carbonyl (C=O) groups is 1. The van der Waals surface area contributed by atoms with Gasteiger partial charge in [-0.2, -0.15) is 4.99 Å². The molecule has 2 aromatic carbocycles. The second kappa shape index (κ2) is 7.37. The highest BCUT2D eigenvalue weighted by Crippen LogP contribution is 2.33. The molecule has 0 bridgehead atoms. The summed E-state index contributed by atoms with van der Waals surface area (Å²) in [5, 5.41) is 11.0. The lowest BCUT2D eigenvalue weighted by atomic mass is 10.2. The van der Waals surface area contributed by atoms with E-state index in [1.165, 1.54) is 37.7 Å². The van der Waals surface area contributed by atoms with E-state index in [0.717, 1.165) is 16.3 Å². The van der Waals surface area contributed by atoms with E-state index in [1.807, 2.05) is 0 Å². The first-order chi connectivity index (χ1) is 12.8. The molecule has 27 heavy (non-hydrogen) atoms. The largest absolute Gasteiger partial charge is 0.493 e. The number of thiazole rings is 1. The number of non-ortho nitro benzene ring substituents is 1. The first-order valence-corrected chi connectivity index (χ1v) is 8.79. The standard InChI is InChI=1S/C17H14ClN3O5S/c1-20-12-7-13(25-2)14(26-3)8-15(12)27-17(20)19-16(22)10-6-9(21(23)24)4-5-11(10)18/h4-8H,1-3H3. The first-order valence-electron chi connectivity index (χ1n) is 7.60. The normalized spacial score (nSPS) is 11.6. The summed E-state index contributed by atoms with van der Waals surface area (Å²) in [4.78, 5) is 27.4. The van der Waals surface area contributed by atoms with Gasteiger partial charge in [0.25, 0.3) is 11.6 Å². The topological polar surface area (TPSA) is 96.0 Å². The second-order valence-corrected chi connectivity index (χ2v) is 6.87. The summed E-state index contributed by atoms with van der Waals surface area (Å²) in [6.45, 7) is 0. The quantitative estimate of drug-likeness (QED) is 0.486. The number of halogens is 1. The molecule has 0 atom stereocenters. The molecule has 0 unspecified atom stereocenters. The minimum Gasteiger partial charge on any atom is -0.493 e. The number of benzene rings is 2. The van der Waals surface area contributed by atoms with Crippen molar-refractivity contribution >= 4 is 44.7 Å². The fourth-order valence-corrected chi connectivity index (χ4v) is 3.72. The maximum Gasteiger partial charge on any atom is 0.281 e. The van der Waals surface area contributed by atoms with Gasteiger partial charge in [0.1, 0.15) is 0 Å². The van der Waals surface area contributed by atoms with Crippen LogP contribution in [0.1, 0.15) is 10.4 Å². The van der Waals surface area contributed by atoms with E-state index >= 15 is 0 Å². The van der Waals surface area contributed by atoms with Gasteiger partial charge in [0.05, 0.1) is 39.9 Å². The van der Waals surface area contributed by atoms with E-state index in [9.17, 15) is 14.9 Å². The third-order valence-electron chi connectivity index (χ3n) is 3.90. The Morgan fingerprint density at radius 2 is 1.89 bits per heavy atom. The van der Waals surface area contributed by atoms with Gasteiger partial charge in [-0.3, -0.25) is 14.9 Å². The molecule has 140 valence electrons. The van der Waals surface area contributed by atoms with Gasteiger partial charge in [-0.1, -0.05) is 22.9 Å². The van der Waals surface area contributed by atoms with Crippen molar-refractivity contribution in [3.05, 3.63) is 55.8 Å². The van der Waals surface area contributed by atoms with Crippen molar-refractivity contribution < 1.29 is 19.2 Å². The number of ether oxygens (including phenoxy) is 2. The van der Waals surface area contributed by atoms with Crippen LogP contribution in [0.15, 0.2) is 35.3 Å². The number of nitrogens with zero attached hydrogens (tertiary/aromatic N) is 3. The molecule has 0 radical (unpaired) electrons. The van der Waals surface area contributed by atoms with Crippen LogP contribution < -0.4 is 14.3 Å². The molecule has 8 nitrogen and oxygen atoms in total. The molecule has 0 fully saturated rings. The van der Waals surface area contributed by atoms with Crippen molar-refractivity contribution in [3.8, 4) is 11.5 Å². The first kappa shape index (κ1) is 18.9. The molecule has 3 aromatic rings. The number of carbonyl (C=O) groups excluding carboxylic acids is 1. The van der Waals surface area contributed by atoms with Crippen molar-refractivity contribution in [1.29, 1.82) is 0 Å². The van der Waals surface area contributed by atoms with Crippen molar-refractivity contribution in [3.63, 3.8) is 0 Å². The third kappa shape index (κ3) is 3.51. The Balaban J connectivity index is 2.13. The van der Waals surface area contributed by atoms with Crippen LogP contribution in [-0.4, -0.2) is 29.6 Å². The van der Waals surface area contributed by atoms with Gasteiger partial charge in [-0.15, -0.1) is 0 Å². The van der Waals surface area contributed by atoms with Crippen LogP contribution >= 0.6 is 22.9 Å². The summed E-state index contributed by atoms with van der Waals surface area (Å²) in [6, 6.07) is 7.24. The molecule has 0 spiro atoms. The number of fused-ring (bicyclic) bond motifs is 1. The Kier molecular flexibility index (Phi) is 5.15. The zero-order chi connectivity index (χ0) is 19.7. The lowest BCUT2D eigenvalue weighted by Crippen LogP contribution is -2.13. The average Bonchev–Trinajstić information content (AvgIpc) is 2.95. The van der Waals surface area contributed by atoms with Crippen LogP contribution in [0.3, 0.4) is 0 Å². The fraction of sp³-hybridized carbons (Fsp3) is 0.176. The van der Waals surface area contributed by atoms with E-state index in [0.29, 0.717) is 16.3 Å². The van der Waals surface area contributed by atoms with Crippen molar-refractivity contribution in [2.75, 3.05) is 14.2 Å². The minimum absolute atomic E-state index is 0.0292. The van der Waals surface area contributed by atoms with Gasteiger partial charge in [0.2, 0.25) is 0 Å². The highest BCUT2D eigenvalue weighted by Gasteiger charge is 2.16. The van der Waals surface area contributed by atoms with Gasteiger partial charge in [0, 0.05) is 31.3 Å². The maximum absolute atomic E-state index is 12.6. The molecule has 3 rings (SSSR count). The number of aromatic nitrogens is 1. The molecule has 0 saturated carbocycles. The molecule has 0 saturated heterocycles.